The number of nitrogens with zero attached hydrogens (tertiary/aromatic N) is 1. The van der Waals surface area contributed by atoms with Crippen LogP contribution < -0.4 is 10.6 Å². The third-order valence-corrected chi connectivity index (χ3v) is 2.48. The zero-order valence-electron chi connectivity index (χ0n) is 11.9. The molecule has 0 fully saturated rings. The van der Waals surface area contributed by atoms with Gasteiger partial charge in [-0.3, -0.25) is 0 Å². The van der Waals surface area contributed by atoms with Gasteiger partial charge in [0.05, 0.1) is 6.26 Å². The molecule has 0 aromatic carbocycles. The molecule has 0 radical (unpaired) electrons. The lowest BCUT2D eigenvalue weighted by Crippen LogP contribution is -2.38. The molecule has 1 rings (SSSR count). The molecule has 4 nitrogen and oxygen atoms in total. The van der Waals surface area contributed by atoms with E-state index < -0.39 is 0 Å². The monoisotopic (exact) mass is 251 g/mol. The summed E-state index contributed by atoms with van der Waals surface area (Å²) in [5, 5.41) is 6.57. The van der Waals surface area contributed by atoms with Gasteiger partial charge in [0.15, 0.2) is 5.96 Å². The van der Waals surface area contributed by atoms with Gasteiger partial charge < -0.3 is 15.1 Å². The van der Waals surface area contributed by atoms with E-state index in [1.165, 1.54) is 0 Å². The maximum atomic E-state index is 5.26. The molecular formula is C14H25N3O. The lowest BCUT2D eigenvalue weighted by atomic mass is 9.92. The maximum absolute atomic E-state index is 5.26. The molecular weight excluding hydrogens is 226 g/mol. The SMILES string of the molecule is CCNC(=NCc1ccco1)NCCC(C)(C)C. The minimum Gasteiger partial charge on any atom is -0.467 e. The Hall–Kier alpha value is -1.45. The molecule has 0 aliphatic carbocycles. The Kier molecular flexibility index (Phi) is 5.75. The van der Waals surface area contributed by atoms with Gasteiger partial charge in [0.25, 0.3) is 0 Å². The first kappa shape index (κ1) is 14.6. The smallest absolute Gasteiger partial charge is 0.191 e. The number of aliphatic imine (C=N–C) groups is 1. The highest BCUT2D eigenvalue weighted by Crippen LogP contribution is 2.16. The minimum atomic E-state index is 0.339. The van der Waals surface area contributed by atoms with E-state index in [0.717, 1.165) is 31.2 Å². The van der Waals surface area contributed by atoms with E-state index >= 15 is 0 Å². The standard InChI is InChI=1S/C14H25N3O/c1-5-15-13(16-9-8-14(2,3)4)17-11-12-7-6-10-18-12/h6-7,10H,5,8-9,11H2,1-4H3,(H2,15,16,17). The van der Waals surface area contributed by atoms with Crippen LogP contribution in [0.5, 0.6) is 0 Å². The Morgan fingerprint density at radius 2 is 2.11 bits per heavy atom. The largest absolute Gasteiger partial charge is 0.467 e. The molecule has 0 aliphatic heterocycles. The van der Waals surface area contributed by atoms with Crippen LogP contribution in [0.15, 0.2) is 27.8 Å². The second kappa shape index (κ2) is 7.09. The van der Waals surface area contributed by atoms with Crippen molar-refractivity contribution in [2.75, 3.05) is 13.1 Å². The van der Waals surface area contributed by atoms with Crippen LogP contribution in [0, 0.1) is 5.41 Å². The molecule has 1 aromatic rings. The summed E-state index contributed by atoms with van der Waals surface area (Å²) in [6.45, 7) is 11.1. The Morgan fingerprint density at radius 1 is 1.33 bits per heavy atom. The molecule has 102 valence electrons. The molecule has 0 atom stereocenters. The van der Waals surface area contributed by atoms with Crippen LogP contribution in [0.1, 0.15) is 39.9 Å². The van der Waals surface area contributed by atoms with E-state index in [2.05, 4.69) is 43.3 Å². The second-order valence-corrected chi connectivity index (χ2v) is 5.51. The van der Waals surface area contributed by atoms with Gasteiger partial charge in [-0.15, -0.1) is 0 Å². The van der Waals surface area contributed by atoms with Crippen molar-refractivity contribution in [2.45, 2.75) is 40.7 Å². The van der Waals surface area contributed by atoms with Gasteiger partial charge in [0, 0.05) is 13.1 Å². The van der Waals surface area contributed by atoms with Gasteiger partial charge in [-0.2, -0.15) is 0 Å². The highest BCUT2D eigenvalue weighted by atomic mass is 16.3. The normalized spacial score (nSPS) is 12.6. The summed E-state index contributed by atoms with van der Waals surface area (Å²) < 4.78 is 5.26. The van der Waals surface area contributed by atoms with Crippen molar-refractivity contribution in [3.8, 4) is 0 Å². The van der Waals surface area contributed by atoms with Crippen LogP contribution in [0.25, 0.3) is 0 Å². The van der Waals surface area contributed by atoms with Crippen molar-refractivity contribution >= 4 is 5.96 Å². The number of guanidine groups is 1. The number of rotatable bonds is 5. The van der Waals surface area contributed by atoms with Crippen molar-refractivity contribution in [2.24, 2.45) is 10.4 Å². The summed E-state index contributed by atoms with van der Waals surface area (Å²) in [7, 11) is 0. The van der Waals surface area contributed by atoms with Gasteiger partial charge in [-0.25, -0.2) is 4.99 Å². The molecule has 1 heterocycles. The van der Waals surface area contributed by atoms with Crippen LogP contribution in [0.2, 0.25) is 0 Å². The van der Waals surface area contributed by atoms with Crippen LogP contribution in [0.3, 0.4) is 0 Å². The molecule has 0 bridgehead atoms. The van der Waals surface area contributed by atoms with E-state index in [4.69, 9.17) is 4.42 Å². The van der Waals surface area contributed by atoms with Gasteiger partial charge >= 0.3 is 0 Å². The van der Waals surface area contributed by atoms with E-state index in [1.54, 1.807) is 6.26 Å². The molecule has 0 amide bonds. The van der Waals surface area contributed by atoms with Crippen LogP contribution in [-0.4, -0.2) is 19.0 Å². The summed E-state index contributed by atoms with van der Waals surface area (Å²) >= 11 is 0. The predicted molar refractivity (Wildman–Crippen MR) is 75.6 cm³/mol. The van der Waals surface area contributed by atoms with Crippen molar-refractivity contribution < 1.29 is 4.42 Å². The van der Waals surface area contributed by atoms with E-state index in [-0.39, 0.29) is 0 Å². The van der Waals surface area contributed by atoms with Crippen molar-refractivity contribution in [1.82, 2.24) is 10.6 Å². The lowest BCUT2D eigenvalue weighted by molar-refractivity contribution is 0.377. The first-order valence-electron chi connectivity index (χ1n) is 6.56. The van der Waals surface area contributed by atoms with Crippen molar-refractivity contribution in [3.63, 3.8) is 0 Å². The van der Waals surface area contributed by atoms with Gasteiger partial charge in [-0.05, 0) is 30.9 Å². The lowest BCUT2D eigenvalue weighted by Gasteiger charge is -2.19. The highest BCUT2D eigenvalue weighted by Gasteiger charge is 2.09. The van der Waals surface area contributed by atoms with E-state index in [0.29, 0.717) is 12.0 Å². The van der Waals surface area contributed by atoms with E-state index in [9.17, 15) is 0 Å². The first-order chi connectivity index (χ1) is 8.51. The number of furan rings is 1. The van der Waals surface area contributed by atoms with Crippen LogP contribution in [-0.2, 0) is 6.54 Å². The molecule has 0 spiro atoms. The molecule has 4 heteroatoms. The Labute approximate surface area is 110 Å². The fourth-order valence-electron chi connectivity index (χ4n) is 1.46. The zero-order valence-corrected chi connectivity index (χ0v) is 11.9. The molecule has 0 saturated heterocycles. The molecule has 0 saturated carbocycles. The van der Waals surface area contributed by atoms with Crippen LogP contribution in [0.4, 0.5) is 0 Å². The fraction of sp³-hybridized carbons (Fsp3) is 0.643. The van der Waals surface area contributed by atoms with Crippen LogP contribution >= 0.6 is 0 Å². The first-order valence-corrected chi connectivity index (χ1v) is 6.56. The average Bonchev–Trinajstić information content (AvgIpc) is 2.77. The number of hydrogen-bond donors (Lipinski definition) is 2. The number of hydrogen-bond acceptors (Lipinski definition) is 2. The van der Waals surface area contributed by atoms with E-state index in [1.807, 2.05) is 12.1 Å². The number of nitrogens with one attached hydrogen (secondary N) is 2. The molecule has 2 N–H and O–H groups in total. The molecule has 0 unspecified atom stereocenters. The van der Waals surface area contributed by atoms with Crippen molar-refractivity contribution in [3.05, 3.63) is 24.2 Å². The topological polar surface area (TPSA) is 49.6 Å². The minimum absolute atomic E-state index is 0.339. The summed E-state index contributed by atoms with van der Waals surface area (Å²) in [6, 6.07) is 3.81. The second-order valence-electron chi connectivity index (χ2n) is 5.51. The zero-order chi connectivity index (χ0) is 13.4. The molecule has 0 aliphatic rings. The van der Waals surface area contributed by atoms with Gasteiger partial charge in [0.2, 0.25) is 0 Å². The Bertz CT molecular complexity index is 350. The predicted octanol–water partition coefficient (Wildman–Crippen LogP) is 2.77. The molecule has 1 aromatic heterocycles. The Morgan fingerprint density at radius 3 is 2.67 bits per heavy atom. The highest BCUT2D eigenvalue weighted by molar-refractivity contribution is 5.79. The van der Waals surface area contributed by atoms with Gasteiger partial charge in [-0.1, -0.05) is 20.8 Å². The fourth-order valence-corrected chi connectivity index (χ4v) is 1.46. The quantitative estimate of drug-likeness (QED) is 0.625. The maximum Gasteiger partial charge on any atom is 0.191 e. The Balaban J connectivity index is 2.41. The summed E-state index contributed by atoms with van der Waals surface area (Å²) in [6.07, 6.45) is 2.78. The summed E-state index contributed by atoms with van der Waals surface area (Å²) in [4.78, 5) is 4.48. The third kappa shape index (κ3) is 6.33. The van der Waals surface area contributed by atoms with Gasteiger partial charge in [0.1, 0.15) is 12.3 Å². The summed E-state index contributed by atoms with van der Waals surface area (Å²) in [5.74, 6) is 1.72. The molecule has 18 heavy (non-hydrogen) atoms. The third-order valence-electron chi connectivity index (χ3n) is 2.48. The summed E-state index contributed by atoms with van der Waals surface area (Å²) in [5.41, 5.74) is 0.339. The van der Waals surface area contributed by atoms with Crippen molar-refractivity contribution in [1.29, 1.82) is 0 Å². The average molecular weight is 251 g/mol.